The number of fused-ring (bicyclic) bond motifs is 1. The molecule has 1 unspecified atom stereocenters. The van der Waals surface area contributed by atoms with Crippen molar-refractivity contribution in [3.8, 4) is 0 Å². The van der Waals surface area contributed by atoms with Gasteiger partial charge in [-0.15, -0.1) is 12.4 Å². The molecular weight excluding hydrogens is 340 g/mol. The van der Waals surface area contributed by atoms with Crippen LogP contribution in [0.3, 0.4) is 0 Å². The quantitative estimate of drug-likeness (QED) is 0.706. The summed E-state index contributed by atoms with van der Waals surface area (Å²) in [5, 5.41) is 10.1. The second kappa shape index (κ2) is 8.13. The summed E-state index contributed by atoms with van der Waals surface area (Å²) in [6.07, 6.45) is 4.48. The normalized spacial score (nSPS) is 12.0. The second-order valence-corrected chi connectivity index (χ2v) is 5.73. The SMILES string of the molecule is CCCn1c(NC(=O)C(NC)c2cnn(C)c2)nc2ccccc21.Cl. The molecule has 2 N–H and O–H groups in total. The molecule has 0 radical (unpaired) electrons. The Kier molecular flexibility index (Phi) is 6.17. The fourth-order valence-electron chi connectivity index (χ4n) is 2.84. The zero-order chi connectivity index (χ0) is 17.1. The van der Waals surface area contributed by atoms with E-state index in [9.17, 15) is 4.79 Å². The topological polar surface area (TPSA) is 76.8 Å². The number of rotatable bonds is 6. The van der Waals surface area contributed by atoms with E-state index in [2.05, 4.69) is 27.6 Å². The molecule has 3 rings (SSSR count). The molecule has 0 aliphatic carbocycles. The number of nitrogens with one attached hydrogen (secondary N) is 2. The molecule has 0 fully saturated rings. The fourth-order valence-corrected chi connectivity index (χ4v) is 2.84. The minimum absolute atomic E-state index is 0. The Balaban J connectivity index is 0.00000225. The molecule has 25 heavy (non-hydrogen) atoms. The maximum Gasteiger partial charge on any atom is 0.248 e. The van der Waals surface area contributed by atoms with Gasteiger partial charge in [0.1, 0.15) is 6.04 Å². The third-order valence-corrected chi connectivity index (χ3v) is 3.95. The summed E-state index contributed by atoms with van der Waals surface area (Å²) in [5.41, 5.74) is 2.72. The van der Waals surface area contributed by atoms with Crippen LogP contribution < -0.4 is 10.6 Å². The molecule has 0 bridgehead atoms. The lowest BCUT2D eigenvalue weighted by atomic mass is 10.1. The number of aromatic nitrogens is 4. The third-order valence-electron chi connectivity index (χ3n) is 3.95. The van der Waals surface area contributed by atoms with Gasteiger partial charge in [0.05, 0.1) is 17.2 Å². The molecule has 0 saturated heterocycles. The van der Waals surface area contributed by atoms with E-state index >= 15 is 0 Å². The number of para-hydroxylation sites is 2. The molecule has 1 aromatic carbocycles. The predicted octanol–water partition coefficient (Wildman–Crippen LogP) is 2.50. The van der Waals surface area contributed by atoms with Crippen molar-refractivity contribution in [3.05, 3.63) is 42.2 Å². The number of benzene rings is 1. The van der Waals surface area contributed by atoms with E-state index in [0.717, 1.165) is 29.6 Å². The number of hydrogen-bond donors (Lipinski definition) is 2. The number of amides is 1. The summed E-state index contributed by atoms with van der Waals surface area (Å²) in [5.74, 6) is 0.422. The van der Waals surface area contributed by atoms with Gasteiger partial charge in [0.15, 0.2) is 0 Å². The largest absolute Gasteiger partial charge is 0.310 e. The third kappa shape index (κ3) is 3.83. The molecular formula is C17H23ClN6O. The van der Waals surface area contributed by atoms with Crippen molar-refractivity contribution in [1.29, 1.82) is 0 Å². The van der Waals surface area contributed by atoms with Gasteiger partial charge in [-0.2, -0.15) is 5.10 Å². The van der Waals surface area contributed by atoms with Gasteiger partial charge < -0.3 is 9.88 Å². The van der Waals surface area contributed by atoms with E-state index in [4.69, 9.17) is 0 Å². The Labute approximate surface area is 152 Å². The minimum Gasteiger partial charge on any atom is -0.310 e. The molecule has 3 aromatic rings. The van der Waals surface area contributed by atoms with E-state index in [-0.39, 0.29) is 18.3 Å². The van der Waals surface area contributed by atoms with Crippen LogP contribution in [0, 0.1) is 0 Å². The van der Waals surface area contributed by atoms with Crippen molar-refractivity contribution >= 4 is 35.3 Å². The van der Waals surface area contributed by atoms with Crippen LogP contribution in [0.4, 0.5) is 5.95 Å². The lowest BCUT2D eigenvalue weighted by Gasteiger charge is -2.15. The summed E-state index contributed by atoms with van der Waals surface area (Å²) in [7, 11) is 3.58. The lowest BCUT2D eigenvalue weighted by molar-refractivity contribution is -0.118. The van der Waals surface area contributed by atoms with E-state index < -0.39 is 6.04 Å². The number of halogens is 1. The van der Waals surface area contributed by atoms with E-state index in [1.54, 1.807) is 17.9 Å². The summed E-state index contributed by atoms with van der Waals surface area (Å²) in [6, 6.07) is 7.42. The highest BCUT2D eigenvalue weighted by molar-refractivity contribution is 5.95. The van der Waals surface area contributed by atoms with Crippen LogP contribution in [0.25, 0.3) is 11.0 Å². The number of nitrogens with zero attached hydrogens (tertiary/aromatic N) is 4. The monoisotopic (exact) mass is 362 g/mol. The first-order valence-corrected chi connectivity index (χ1v) is 8.06. The molecule has 8 heteroatoms. The maximum absolute atomic E-state index is 12.7. The van der Waals surface area contributed by atoms with Crippen molar-refractivity contribution in [1.82, 2.24) is 24.6 Å². The van der Waals surface area contributed by atoms with E-state index in [1.807, 2.05) is 42.1 Å². The molecule has 0 saturated carbocycles. The van der Waals surface area contributed by atoms with Crippen molar-refractivity contribution in [2.24, 2.45) is 7.05 Å². The number of carbonyl (C=O) groups is 1. The zero-order valence-corrected chi connectivity index (χ0v) is 15.4. The number of anilines is 1. The van der Waals surface area contributed by atoms with Crippen LogP contribution in [-0.4, -0.2) is 32.3 Å². The molecule has 2 aromatic heterocycles. The van der Waals surface area contributed by atoms with Gasteiger partial charge >= 0.3 is 0 Å². The Morgan fingerprint density at radius 3 is 2.72 bits per heavy atom. The summed E-state index contributed by atoms with van der Waals surface area (Å²) < 4.78 is 3.72. The Morgan fingerprint density at radius 2 is 2.08 bits per heavy atom. The highest BCUT2D eigenvalue weighted by atomic mass is 35.5. The van der Waals surface area contributed by atoms with Crippen molar-refractivity contribution < 1.29 is 4.79 Å². The van der Waals surface area contributed by atoms with Crippen LogP contribution >= 0.6 is 12.4 Å². The molecule has 1 amide bonds. The van der Waals surface area contributed by atoms with E-state index in [0.29, 0.717) is 5.95 Å². The van der Waals surface area contributed by atoms with Crippen LogP contribution in [0.5, 0.6) is 0 Å². The second-order valence-electron chi connectivity index (χ2n) is 5.73. The molecule has 7 nitrogen and oxygen atoms in total. The van der Waals surface area contributed by atoms with Crippen LogP contribution in [0.15, 0.2) is 36.7 Å². The smallest absolute Gasteiger partial charge is 0.248 e. The highest BCUT2D eigenvalue weighted by Gasteiger charge is 2.22. The molecule has 2 heterocycles. The number of hydrogen-bond acceptors (Lipinski definition) is 4. The number of aryl methyl sites for hydroxylation is 2. The summed E-state index contributed by atoms with van der Waals surface area (Å²) >= 11 is 0. The number of carbonyl (C=O) groups excluding carboxylic acids is 1. The average Bonchev–Trinajstić information content (AvgIpc) is 3.13. The Morgan fingerprint density at radius 1 is 1.32 bits per heavy atom. The van der Waals surface area contributed by atoms with Gasteiger partial charge in [0, 0.05) is 25.4 Å². The molecule has 0 spiro atoms. The number of likely N-dealkylation sites (N-methyl/N-ethyl adjacent to an activating group) is 1. The molecule has 134 valence electrons. The molecule has 0 aliphatic heterocycles. The first-order valence-electron chi connectivity index (χ1n) is 8.06. The lowest BCUT2D eigenvalue weighted by Crippen LogP contribution is -2.31. The first kappa shape index (κ1) is 19.0. The highest BCUT2D eigenvalue weighted by Crippen LogP contribution is 2.21. The summed E-state index contributed by atoms with van der Waals surface area (Å²) in [4.78, 5) is 17.3. The summed E-state index contributed by atoms with van der Waals surface area (Å²) in [6.45, 7) is 2.90. The predicted molar refractivity (Wildman–Crippen MR) is 101 cm³/mol. The van der Waals surface area contributed by atoms with Gasteiger partial charge in [-0.1, -0.05) is 19.1 Å². The standard InChI is InChI=1S/C17H22N6O.ClH/c1-4-9-23-14-8-6-5-7-13(14)20-17(23)21-16(24)15(18-2)12-10-19-22(3)11-12;/h5-8,10-11,15,18H,4,9H2,1-3H3,(H,20,21,24);1H. The van der Waals surface area contributed by atoms with Crippen molar-refractivity contribution in [2.75, 3.05) is 12.4 Å². The van der Waals surface area contributed by atoms with Crippen LogP contribution in [-0.2, 0) is 18.4 Å². The molecule has 0 aliphatic rings. The van der Waals surface area contributed by atoms with Gasteiger partial charge in [-0.05, 0) is 25.6 Å². The fraction of sp³-hybridized carbons (Fsp3) is 0.353. The average molecular weight is 363 g/mol. The maximum atomic E-state index is 12.7. The van der Waals surface area contributed by atoms with Crippen LogP contribution in [0.2, 0.25) is 0 Å². The van der Waals surface area contributed by atoms with Crippen LogP contribution in [0.1, 0.15) is 24.9 Å². The van der Waals surface area contributed by atoms with E-state index in [1.165, 1.54) is 0 Å². The molecule has 1 atom stereocenters. The van der Waals surface area contributed by atoms with Gasteiger partial charge in [0.2, 0.25) is 11.9 Å². The van der Waals surface area contributed by atoms with Crippen molar-refractivity contribution in [2.45, 2.75) is 25.9 Å². The number of imidazole rings is 1. The minimum atomic E-state index is -0.478. The Bertz CT molecular complexity index is 856. The zero-order valence-electron chi connectivity index (χ0n) is 14.6. The van der Waals surface area contributed by atoms with Gasteiger partial charge in [-0.25, -0.2) is 4.98 Å². The first-order chi connectivity index (χ1) is 11.6. The van der Waals surface area contributed by atoms with Gasteiger partial charge in [0.25, 0.3) is 0 Å². The Hall–Kier alpha value is -2.38. The van der Waals surface area contributed by atoms with Crippen molar-refractivity contribution in [3.63, 3.8) is 0 Å². The van der Waals surface area contributed by atoms with Gasteiger partial charge in [-0.3, -0.25) is 14.8 Å².